The van der Waals surface area contributed by atoms with Crippen LogP contribution in [0.25, 0.3) is 0 Å². The molecule has 0 saturated carbocycles. The van der Waals surface area contributed by atoms with Crippen LogP contribution in [0.15, 0.2) is 23.1 Å². The molecule has 0 aliphatic heterocycles. The molecule has 1 aromatic rings. The smallest absolute Gasteiger partial charge is 0.302 e. The van der Waals surface area contributed by atoms with Gasteiger partial charge < -0.3 is 15.0 Å². The standard InChI is InChI=1S/C9H12N2O3/c1-7(12)14-6-5-11-4-2-3-8(10)9(11)13/h2-4H,5-6,10H2,1H3. The van der Waals surface area contributed by atoms with Gasteiger partial charge in [-0.15, -0.1) is 0 Å². The quantitative estimate of drug-likeness (QED) is 0.690. The molecule has 1 aromatic heterocycles. The Kier molecular flexibility index (Phi) is 3.28. The molecule has 0 bridgehead atoms. The maximum atomic E-state index is 11.3. The van der Waals surface area contributed by atoms with Crippen LogP contribution in [0, 0.1) is 0 Å². The largest absolute Gasteiger partial charge is 0.464 e. The summed E-state index contributed by atoms with van der Waals surface area (Å²) in [6.45, 7) is 1.82. The second-order valence-corrected chi connectivity index (χ2v) is 2.80. The van der Waals surface area contributed by atoms with Crippen molar-refractivity contribution in [2.45, 2.75) is 13.5 Å². The summed E-state index contributed by atoms with van der Waals surface area (Å²) >= 11 is 0. The number of rotatable bonds is 3. The van der Waals surface area contributed by atoms with Gasteiger partial charge in [-0.1, -0.05) is 0 Å². The Hall–Kier alpha value is -1.78. The first kappa shape index (κ1) is 10.3. The average molecular weight is 196 g/mol. The summed E-state index contributed by atoms with van der Waals surface area (Å²) in [7, 11) is 0. The van der Waals surface area contributed by atoms with Crippen molar-refractivity contribution in [1.82, 2.24) is 4.57 Å². The third-order valence-electron chi connectivity index (χ3n) is 1.69. The summed E-state index contributed by atoms with van der Waals surface area (Å²) in [4.78, 5) is 21.8. The normalized spacial score (nSPS) is 9.79. The highest BCUT2D eigenvalue weighted by atomic mass is 16.5. The number of esters is 1. The van der Waals surface area contributed by atoms with Gasteiger partial charge in [-0.05, 0) is 12.1 Å². The summed E-state index contributed by atoms with van der Waals surface area (Å²) in [5.41, 5.74) is 5.34. The second-order valence-electron chi connectivity index (χ2n) is 2.80. The number of carbonyl (C=O) groups excluding carboxylic acids is 1. The zero-order valence-corrected chi connectivity index (χ0v) is 7.90. The van der Waals surface area contributed by atoms with E-state index in [9.17, 15) is 9.59 Å². The molecule has 0 aliphatic carbocycles. The molecule has 5 nitrogen and oxygen atoms in total. The van der Waals surface area contributed by atoms with E-state index >= 15 is 0 Å². The Morgan fingerprint density at radius 2 is 2.36 bits per heavy atom. The van der Waals surface area contributed by atoms with E-state index in [-0.39, 0.29) is 23.8 Å². The van der Waals surface area contributed by atoms with Crippen LogP contribution in [0.4, 0.5) is 5.69 Å². The maximum absolute atomic E-state index is 11.3. The van der Waals surface area contributed by atoms with E-state index < -0.39 is 0 Å². The van der Waals surface area contributed by atoms with Gasteiger partial charge in [-0.2, -0.15) is 0 Å². The number of nitrogens with two attached hydrogens (primary N) is 1. The van der Waals surface area contributed by atoms with Crippen LogP contribution >= 0.6 is 0 Å². The van der Waals surface area contributed by atoms with Gasteiger partial charge in [-0.3, -0.25) is 9.59 Å². The van der Waals surface area contributed by atoms with Crippen molar-refractivity contribution in [2.75, 3.05) is 12.3 Å². The van der Waals surface area contributed by atoms with Crippen molar-refractivity contribution >= 4 is 11.7 Å². The van der Waals surface area contributed by atoms with Gasteiger partial charge in [0.05, 0.1) is 12.2 Å². The first-order valence-electron chi connectivity index (χ1n) is 4.19. The predicted molar refractivity (Wildman–Crippen MR) is 51.7 cm³/mol. The molecule has 0 aliphatic rings. The van der Waals surface area contributed by atoms with Gasteiger partial charge in [0.1, 0.15) is 6.61 Å². The Balaban J connectivity index is 2.64. The van der Waals surface area contributed by atoms with E-state index in [0.29, 0.717) is 6.54 Å². The van der Waals surface area contributed by atoms with E-state index in [1.165, 1.54) is 17.6 Å². The van der Waals surface area contributed by atoms with Crippen molar-refractivity contribution in [1.29, 1.82) is 0 Å². The minimum absolute atomic E-state index is 0.179. The number of nitrogen functional groups attached to an aromatic ring is 1. The summed E-state index contributed by atoms with van der Waals surface area (Å²) < 4.78 is 6.10. The molecule has 2 N–H and O–H groups in total. The lowest BCUT2D eigenvalue weighted by Crippen LogP contribution is -2.24. The highest BCUT2D eigenvalue weighted by Crippen LogP contribution is 1.91. The molecule has 0 fully saturated rings. The van der Waals surface area contributed by atoms with Crippen molar-refractivity contribution < 1.29 is 9.53 Å². The number of hydrogen-bond donors (Lipinski definition) is 1. The summed E-state index contributed by atoms with van der Waals surface area (Å²) in [5.74, 6) is -0.359. The molecule has 0 radical (unpaired) electrons. The van der Waals surface area contributed by atoms with Crippen molar-refractivity contribution in [3.8, 4) is 0 Å². The lowest BCUT2D eigenvalue weighted by Gasteiger charge is -2.05. The first-order chi connectivity index (χ1) is 6.61. The van der Waals surface area contributed by atoms with Gasteiger partial charge >= 0.3 is 5.97 Å². The van der Waals surface area contributed by atoms with E-state index in [2.05, 4.69) is 0 Å². The average Bonchev–Trinajstić information content (AvgIpc) is 2.12. The molecular formula is C9H12N2O3. The van der Waals surface area contributed by atoms with Crippen molar-refractivity contribution in [2.24, 2.45) is 0 Å². The zero-order chi connectivity index (χ0) is 10.6. The Labute approximate surface area is 81.1 Å². The highest BCUT2D eigenvalue weighted by Gasteiger charge is 1.99. The zero-order valence-electron chi connectivity index (χ0n) is 7.90. The number of pyridine rings is 1. The number of ether oxygens (including phenoxy) is 1. The minimum Gasteiger partial charge on any atom is -0.464 e. The SMILES string of the molecule is CC(=O)OCCn1cccc(N)c1=O. The van der Waals surface area contributed by atoms with E-state index in [1.807, 2.05) is 0 Å². The Morgan fingerprint density at radius 3 is 3.00 bits per heavy atom. The lowest BCUT2D eigenvalue weighted by atomic mass is 10.4. The summed E-state index contributed by atoms with van der Waals surface area (Å²) in [5, 5.41) is 0. The molecule has 0 spiro atoms. The molecule has 0 atom stereocenters. The van der Waals surface area contributed by atoms with Crippen LogP contribution in [0.5, 0.6) is 0 Å². The molecule has 0 saturated heterocycles. The van der Waals surface area contributed by atoms with Crippen LogP contribution in [0.1, 0.15) is 6.92 Å². The van der Waals surface area contributed by atoms with Crippen LogP contribution < -0.4 is 11.3 Å². The van der Waals surface area contributed by atoms with Gasteiger partial charge in [0.15, 0.2) is 0 Å². The third kappa shape index (κ3) is 2.62. The molecule has 0 amide bonds. The lowest BCUT2D eigenvalue weighted by molar-refractivity contribution is -0.141. The van der Waals surface area contributed by atoms with Crippen LogP contribution in [0.2, 0.25) is 0 Å². The van der Waals surface area contributed by atoms with Crippen molar-refractivity contribution in [3.63, 3.8) is 0 Å². The monoisotopic (exact) mass is 196 g/mol. The van der Waals surface area contributed by atoms with E-state index in [0.717, 1.165) is 0 Å². The molecule has 0 aromatic carbocycles. The van der Waals surface area contributed by atoms with Crippen LogP contribution in [-0.4, -0.2) is 17.1 Å². The van der Waals surface area contributed by atoms with E-state index in [4.69, 9.17) is 10.5 Å². The fourth-order valence-electron chi connectivity index (χ4n) is 1.02. The molecule has 1 rings (SSSR count). The maximum Gasteiger partial charge on any atom is 0.302 e. The number of anilines is 1. The van der Waals surface area contributed by atoms with Gasteiger partial charge in [-0.25, -0.2) is 0 Å². The predicted octanol–water partition coefficient (Wildman–Crippen LogP) is -0.00640. The number of carbonyl (C=O) groups is 1. The van der Waals surface area contributed by atoms with Gasteiger partial charge in [0.25, 0.3) is 5.56 Å². The third-order valence-corrected chi connectivity index (χ3v) is 1.69. The van der Waals surface area contributed by atoms with Crippen LogP contribution in [0.3, 0.4) is 0 Å². The molecule has 14 heavy (non-hydrogen) atoms. The number of aromatic nitrogens is 1. The highest BCUT2D eigenvalue weighted by molar-refractivity contribution is 5.65. The van der Waals surface area contributed by atoms with Gasteiger partial charge in [0, 0.05) is 13.1 Å². The fourth-order valence-corrected chi connectivity index (χ4v) is 1.02. The Bertz CT molecular complexity index is 384. The van der Waals surface area contributed by atoms with Gasteiger partial charge in [0.2, 0.25) is 0 Å². The number of hydrogen-bond acceptors (Lipinski definition) is 4. The molecule has 1 heterocycles. The summed E-state index contributed by atoms with van der Waals surface area (Å²) in [6, 6.07) is 3.20. The topological polar surface area (TPSA) is 74.3 Å². The second kappa shape index (κ2) is 4.45. The summed E-state index contributed by atoms with van der Waals surface area (Å²) in [6.07, 6.45) is 1.60. The van der Waals surface area contributed by atoms with E-state index in [1.54, 1.807) is 12.3 Å². The number of nitrogens with zero attached hydrogens (tertiary/aromatic N) is 1. The minimum atomic E-state index is -0.359. The van der Waals surface area contributed by atoms with Crippen molar-refractivity contribution in [3.05, 3.63) is 28.7 Å². The van der Waals surface area contributed by atoms with Crippen LogP contribution in [-0.2, 0) is 16.1 Å². The molecule has 0 unspecified atom stereocenters. The first-order valence-corrected chi connectivity index (χ1v) is 4.19. The molecular weight excluding hydrogens is 184 g/mol. The molecule has 76 valence electrons. The molecule has 5 heteroatoms. The Morgan fingerprint density at radius 1 is 1.64 bits per heavy atom. The fraction of sp³-hybridized carbons (Fsp3) is 0.333.